The van der Waals surface area contributed by atoms with E-state index in [9.17, 15) is 9.59 Å². The molecular weight excluding hydrogens is 837 g/mol. The molecule has 0 amide bonds. The largest absolute Gasteiger partial charge is 0.481 e. The van der Waals surface area contributed by atoms with Crippen LogP contribution in [0.1, 0.15) is 269 Å². The number of carboxylic acids is 2. The Balaban J connectivity index is 0.00000104. The smallest absolute Gasteiger partial charge is 0.303 e. The minimum atomic E-state index is -0.681. The molecule has 6 heteroatoms. The molecule has 0 saturated heterocycles. The third-order valence-corrected chi connectivity index (χ3v) is 11.6. The van der Waals surface area contributed by atoms with Crippen LogP contribution in [0.15, 0.2) is 49.1 Å². The summed E-state index contributed by atoms with van der Waals surface area (Å²) < 4.78 is 0. The van der Waals surface area contributed by atoms with Crippen LogP contribution in [0.25, 0.3) is 12.2 Å². The Morgan fingerprint density at radius 3 is 0.824 bits per heavy atom. The number of carboxylic acid groups (broad SMARTS) is 2. The van der Waals surface area contributed by atoms with Crippen molar-refractivity contribution in [3.63, 3.8) is 0 Å². The Hall–Kier alpha value is -4.78. The van der Waals surface area contributed by atoms with Gasteiger partial charge < -0.3 is 10.2 Å². The van der Waals surface area contributed by atoms with Gasteiger partial charge in [0, 0.05) is 63.3 Å². The molecule has 68 heavy (non-hydrogen) atoms. The van der Waals surface area contributed by atoms with E-state index < -0.39 is 11.9 Å². The number of aliphatic carboxylic acids is 2. The van der Waals surface area contributed by atoms with Crippen molar-refractivity contribution in [3.8, 4) is 47.4 Å². The van der Waals surface area contributed by atoms with E-state index >= 15 is 0 Å². The molecule has 6 nitrogen and oxygen atoms in total. The number of carbonyl (C=O) groups is 2. The van der Waals surface area contributed by atoms with E-state index in [0.717, 1.165) is 88.2 Å². The zero-order valence-corrected chi connectivity index (χ0v) is 43.2. The quantitative estimate of drug-likeness (QED) is 0.0514. The van der Waals surface area contributed by atoms with Crippen molar-refractivity contribution in [2.24, 2.45) is 0 Å². The fraction of sp³-hybridized carbons (Fsp3) is 0.645. The van der Waals surface area contributed by atoms with Crippen LogP contribution in [-0.2, 0) is 9.59 Å². The number of hydrogen-bond donors (Lipinski definition) is 2. The highest BCUT2D eigenvalue weighted by Crippen LogP contribution is 2.13. The molecule has 0 saturated carbocycles. The van der Waals surface area contributed by atoms with Crippen LogP contribution in [0.2, 0.25) is 0 Å². The summed E-state index contributed by atoms with van der Waals surface area (Å²) in [6.45, 7) is 4.54. The van der Waals surface area contributed by atoms with E-state index in [1.165, 1.54) is 154 Å². The minimum Gasteiger partial charge on any atom is -0.481 e. The molecule has 0 aliphatic heterocycles. The van der Waals surface area contributed by atoms with Crippen LogP contribution in [-0.4, -0.2) is 32.1 Å². The van der Waals surface area contributed by atoms with Gasteiger partial charge in [0.15, 0.2) is 0 Å². The summed E-state index contributed by atoms with van der Waals surface area (Å²) in [5.41, 5.74) is 2.30. The fourth-order valence-corrected chi connectivity index (χ4v) is 7.36. The lowest BCUT2D eigenvalue weighted by atomic mass is 10.1. The molecule has 0 radical (unpaired) electrons. The third kappa shape index (κ3) is 53.8. The van der Waals surface area contributed by atoms with Gasteiger partial charge in [-0.1, -0.05) is 217 Å². The molecule has 0 atom stereocenters. The number of unbranched alkanes of at least 4 members (excludes halogenated alkanes) is 32. The highest BCUT2D eigenvalue weighted by Gasteiger charge is 1.98. The van der Waals surface area contributed by atoms with Gasteiger partial charge >= 0.3 is 11.9 Å². The van der Waals surface area contributed by atoms with Crippen molar-refractivity contribution in [3.05, 3.63) is 60.2 Å². The standard InChI is InChI=1S/2C25H42O2.C12H10N2/c2*1-2-3-4-5-6-7-8-9-10-11-12-13-14-15-16-17-18-19-20-21-22-23-24-25(26)27;1(11-3-7-13-8-4-11)2-12-5-9-14-10-6-12/h2*2-12,17-24H2,1H3,(H,26,27);1-10H/b;;2-1+. The summed E-state index contributed by atoms with van der Waals surface area (Å²) in [5, 5.41) is 17.1. The van der Waals surface area contributed by atoms with Gasteiger partial charge in [0.1, 0.15) is 0 Å². The molecule has 2 aromatic heterocycles. The third-order valence-electron chi connectivity index (χ3n) is 11.6. The Morgan fingerprint density at radius 2 is 0.588 bits per heavy atom. The van der Waals surface area contributed by atoms with Crippen molar-refractivity contribution in [2.75, 3.05) is 0 Å². The first-order valence-electron chi connectivity index (χ1n) is 27.3. The van der Waals surface area contributed by atoms with Crippen molar-refractivity contribution in [1.82, 2.24) is 9.97 Å². The van der Waals surface area contributed by atoms with Crippen LogP contribution < -0.4 is 0 Å². The molecule has 2 N–H and O–H groups in total. The fourth-order valence-electron chi connectivity index (χ4n) is 7.36. The monoisotopic (exact) mass is 931 g/mol. The molecule has 0 unspecified atom stereocenters. The second kappa shape index (κ2) is 54.8. The van der Waals surface area contributed by atoms with Gasteiger partial charge in [-0.3, -0.25) is 19.6 Å². The molecule has 2 aromatic rings. The SMILES string of the molecule is C(=C\c1ccncc1)/c1ccncc1.CCCCCCCCCCCCC#CC#CCCCCCCCCC(=O)O.CCCCCCCCCCCCC#CC#CCCCCCCCCC(=O)O. The number of rotatable bonds is 38. The van der Waals surface area contributed by atoms with E-state index in [-0.39, 0.29) is 0 Å². The van der Waals surface area contributed by atoms with Crippen LogP contribution >= 0.6 is 0 Å². The summed E-state index contributed by atoms with van der Waals surface area (Å²) in [7, 11) is 0. The Bertz CT molecular complexity index is 1580. The van der Waals surface area contributed by atoms with Crippen LogP contribution in [0.5, 0.6) is 0 Å². The average Bonchev–Trinajstić information content (AvgIpc) is 3.35. The molecule has 0 fully saturated rings. The minimum absolute atomic E-state index is 0.309. The van der Waals surface area contributed by atoms with Crippen molar-refractivity contribution >= 4 is 24.1 Å². The Kier molecular flexibility index (Phi) is 51.0. The lowest BCUT2D eigenvalue weighted by Crippen LogP contribution is -1.93. The first kappa shape index (κ1) is 63.2. The normalized spacial score (nSPS) is 10.1. The number of nitrogens with zero attached hydrogens (tertiary/aromatic N) is 2. The first-order valence-corrected chi connectivity index (χ1v) is 27.3. The molecule has 0 spiro atoms. The molecule has 0 aliphatic carbocycles. The Morgan fingerprint density at radius 1 is 0.368 bits per heavy atom. The molecule has 376 valence electrons. The van der Waals surface area contributed by atoms with Crippen molar-refractivity contribution < 1.29 is 19.8 Å². The maximum absolute atomic E-state index is 10.4. The number of pyridine rings is 2. The van der Waals surface area contributed by atoms with Crippen molar-refractivity contribution in [1.29, 1.82) is 0 Å². The van der Waals surface area contributed by atoms with Crippen LogP contribution in [0.3, 0.4) is 0 Å². The predicted octanol–water partition coefficient (Wildman–Crippen LogP) is 17.7. The van der Waals surface area contributed by atoms with Gasteiger partial charge in [-0.05, 0) is 97.6 Å². The summed E-state index contributed by atoms with van der Waals surface area (Å²) >= 11 is 0. The summed E-state index contributed by atoms with van der Waals surface area (Å²) in [6, 6.07) is 7.88. The van der Waals surface area contributed by atoms with Crippen molar-refractivity contribution in [2.45, 2.75) is 258 Å². The molecular formula is C62H94N2O4. The second-order valence-electron chi connectivity index (χ2n) is 18.0. The lowest BCUT2D eigenvalue weighted by molar-refractivity contribution is -0.138. The topological polar surface area (TPSA) is 100 Å². The van der Waals surface area contributed by atoms with Gasteiger partial charge in [-0.15, -0.1) is 0 Å². The van der Waals surface area contributed by atoms with Gasteiger partial charge in [-0.25, -0.2) is 0 Å². The maximum atomic E-state index is 10.4. The van der Waals surface area contributed by atoms with E-state index in [1.54, 1.807) is 24.8 Å². The summed E-state index contributed by atoms with van der Waals surface area (Å²) in [4.78, 5) is 28.7. The van der Waals surface area contributed by atoms with E-state index in [1.807, 2.05) is 24.3 Å². The molecule has 0 aliphatic rings. The maximum Gasteiger partial charge on any atom is 0.303 e. The Labute approximate surface area is 417 Å². The zero-order chi connectivity index (χ0) is 49.3. The average molecular weight is 931 g/mol. The zero-order valence-electron chi connectivity index (χ0n) is 43.2. The van der Waals surface area contributed by atoms with Gasteiger partial charge in [-0.2, -0.15) is 0 Å². The predicted molar refractivity (Wildman–Crippen MR) is 291 cm³/mol. The number of hydrogen-bond acceptors (Lipinski definition) is 4. The highest BCUT2D eigenvalue weighted by atomic mass is 16.4. The lowest BCUT2D eigenvalue weighted by Gasteiger charge is -2.00. The highest BCUT2D eigenvalue weighted by molar-refractivity contribution is 5.69. The second-order valence-corrected chi connectivity index (χ2v) is 18.0. The van der Waals surface area contributed by atoms with Gasteiger partial charge in [0.25, 0.3) is 0 Å². The summed E-state index contributed by atoms with van der Waals surface area (Å²) in [5.74, 6) is 23.2. The van der Waals surface area contributed by atoms with Crippen LogP contribution in [0, 0.1) is 47.4 Å². The summed E-state index contributed by atoms with van der Waals surface area (Å²) in [6.07, 6.45) is 56.0. The number of aromatic nitrogens is 2. The first-order chi connectivity index (χ1) is 33.5. The van der Waals surface area contributed by atoms with E-state index in [2.05, 4.69) is 83.3 Å². The molecule has 2 heterocycles. The van der Waals surface area contributed by atoms with Gasteiger partial charge in [0.2, 0.25) is 0 Å². The molecule has 2 rings (SSSR count). The van der Waals surface area contributed by atoms with E-state index in [4.69, 9.17) is 10.2 Å². The van der Waals surface area contributed by atoms with Crippen LogP contribution in [0.4, 0.5) is 0 Å². The van der Waals surface area contributed by atoms with E-state index in [0.29, 0.717) is 12.8 Å². The van der Waals surface area contributed by atoms with Gasteiger partial charge in [0.05, 0.1) is 0 Å². The molecule has 0 aromatic carbocycles. The molecule has 0 bridgehead atoms.